The van der Waals surface area contributed by atoms with Crippen molar-refractivity contribution in [2.75, 3.05) is 37.6 Å². The van der Waals surface area contributed by atoms with E-state index in [-0.39, 0.29) is 10.6 Å². The second-order valence-corrected chi connectivity index (χ2v) is 9.88. The maximum Gasteiger partial charge on any atom is 0.263 e. The Morgan fingerprint density at radius 2 is 1.90 bits per heavy atom. The molecule has 1 aliphatic heterocycles. The summed E-state index contributed by atoms with van der Waals surface area (Å²) in [7, 11) is -3.89. The summed E-state index contributed by atoms with van der Waals surface area (Å²) in [5.74, 6) is -0.396. The standard InChI is InChI=1S/C21H30ClN5O3S/c1-3-5-9-23-20(28)19-16-26(10-4-2)24-21(19)31(29,30)27-13-11-25(12-14-27)18-8-6-7-17(22)15-18/h6-8,15-16H,3-5,9-14H2,1-2H3,(H,23,28). The predicted octanol–water partition coefficient (Wildman–Crippen LogP) is 2.99. The van der Waals surface area contributed by atoms with Gasteiger partial charge in [0, 0.05) is 56.2 Å². The minimum Gasteiger partial charge on any atom is -0.369 e. The van der Waals surface area contributed by atoms with E-state index in [1.165, 1.54) is 4.31 Å². The minimum absolute atomic E-state index is 0.113. The number of carbonyl (C=O) groups excluding carboxylic acids is 1. The van der Waals surface area contributed by atoms with Crippen molar-refractivity contribution in [2.45, 2.75) is 44.7 Å². The molecule has 10 heteroatoms. The van der Waals surface area contributed by atoms with Gasteiger partial charge in [-0.15, -0.1) is 0 Å². The lowest BCUT2D eigenvalue weighted by molar-refractivity contribution is 0.0949. The van der Waals surface area contributed by atoms with Crippen LogP contribution in [0.3, 0.4) is 0 Å². The van der Waals surface area contributed by atoms with E-state index in [2.05, 4.69) is 15.3 Å². The zero-order valence-corrected chi connectivity index (χ0v) is 19.6. The summed E-state index contributed by atoms with van der Waals surface area (Å²) in [6.07, 6.45) is 4.11. The number of carbonyl (C=O) groups is 1. The van der Waals surface area contributed by atoms with Crippen LogP contribution in [0.5, 0.6) is 0 Å². The summed E-state index contributed by atoms with van der Waals surface area (Å²) in [5.41, 5.74) is 1.08. The Morgan fingerprint density at radius 3 is 2.55 bits per heavy atom. The number of halogens is 1. The van der Waals surface area contributed by atoms with Gasteiger partial charge in [0.2, 0.25) is 5.03 Å². The molecule has 2 aromatic rings. The van der Waals surface area contributed by atoms with Crippen LogP contribution in [0, 0.1) is 0 Å². The van der Waals surface area contributed by atoms with Gasteiger partial charge >= 0.3 is 0 Å². The molecule has 1 fully saturated rings. The average Bonchev–Trinajstić information content (AvgIpc) is 3.19. The van der Waals surface area contributed by atoms with E-state index in [0.29, 0.717) is 44.3 Å². The van der Waals surface area contributed by atoms with Gasteiger partial charge in [-0.1, -0.05) is 37.9 Å². The summed E-state index contributed by atoms with van der Waals surface area (Å²) in [6, 6.07) is 7.52. The molecule has 1 aromatic carbocycles. The van der Waals surface area contributed by atoms with Gasteiger partial charge in [0.25, 0.3) is 15.9 Å². The lowest BCUT2D eigenvalue weighted by Gasteiger charge is -2.35. The summed E-state index contributed by atoms with van der Waals surface area (Å²) < 4.78 is 29.7. The second-order valence-electron chi connectivity index (χ2n) is 7.59. The maximum absolute atomic E-state index is 13.4. The third-order valence-corrected chi connectivity index (χ3v) is 7.31. The van der Waals surface area contributed by atoms with Gasteiger partial charge in [0.15, 0.2) is 0 Å². The van der Waals surface area contributed by atoms with Crippen molar-refractivity contribution in [1.29, 1.82) is 0 Å². The quantitative estimate of drug-likeness (QED) is 0.573. The van der Waals surface area contributed by atoms with Gasteiger partial charge in [-0.2, -0.15) is 9.40 Å². The Hall–Kier alpha value is -2.10. The molecule has 1 N–H and O–H groups in total. The third-order valence-electron chi connectivity index (χ3n) is 5.24. The van der Waals surface area contributed by atoms with Crippen LogP contribution < -0.4 is 10.2 Å². The van der Waals surface area contributed by atoms with Gasteiger partial charge in [-0.3, -0.25) is 9.48 Å². The summed E-state index contributed by atoms with van der Waals surface area (Å²) in [5, 5.41) is 7.57. The van der Waals surface area contributed by atoms with Crippen LogP contribution in [0.4, 0.5) is 5.69 Å². The first-order chi connectivity index (χ1) is 14.9. The number of sulfonamides is 1. The van der Waals surface area contributed by atoms with Crippen LogP contribution in [0.15, 0.2) is 35.5 Å². The molecule has 1 aromatic heterocycles. The Balaban J connectivity index is 1.78. The SMILES string of the molecule is CCCCNC(=O)c1cn(CCC)nc1S(=O)(=O)N1CCN(c2cccc(Cl)c2)CC1. The monoisotopic (exact) mass is 467 g/mol. The number of rotatable bonds is 9. The fraction of sp³-hybridized carbons (Fsp3) is 0.524. The zero-order chi connectivity index (χ0) is 22.4. The Bertz CT molecular complexity index is 1000. The van der Waals surface area contributed by atoms with Gasteiger partial charge in [0.05, 0.1) is 5.56 Å². The molecule has 0 atom stereocenters. The lowest BCUT2D eigenvalue weighted by Crippen LogP contribution is -2.49. The van der Waals surface area contributed by atoms with E-state index in [4.69, 9.17) is 11.6 Å². The Kier molecular flexibility index (Phi) is 7.96. The first-order valence-corrected chi connectivity index (χ1v) is 12.5. The molecule has 8 nitrogen and oxygen atoms in total. The molecule has 1 amide bonds. The molecule has 3 rings (SSSR count). The van der Waals surface area contributed by atoms with Gasteiger partial charge in [-0.05, 0) is 31.0 Å². The number of nitrogens with one attached hydrogen (secondary N) is 1. The van der Waals surface area contributed by atoms with E-state index >= 15 is 0 Å². The normalized spacial score (nSPS) is 15.3. The molecule has 2 heterocycles. The Labute approximate surface area is 189 Å². The highest BCUT2D eigenvalue weighted by atomic mass is 35.5. The fourth-order valence-electron chi connectivity index (χ4n) is 3.55. The van der Waals surface area contributed by atoms with Crippen molar-refractivity contribution in [3.8, 4) is 0 Å². The van der Waals surface area contributed by atoms with Crippen molar-refractivity contribution in [3.63, 3.8) is 0 Å². The molecule has 0 radical (unpaired) electrons. The molecule has 0 aliphatic carbocycles. The highest BCUT2D eigenvalue weighted by molar-refractivity contribution is 7.89. The largest absolute Gasteiger partial charge is 0.369 e. The van der Waals surface area contributed by atoms with Crippen molar-refractivity contribution >= 4 is 33.2 Å². The van der Waals surface area contributed by atoms with E-state index < -0.39 is 15.9 Å². The molecule has 31 heavy (non-hydrogen) atoms. The molecule has 0 bridgehead atoms. The summed E-state index contributed by atoms with van der Waals surface area (Å²) in [4.78, 5) is 14.8. The number of piperazine rings is 1. The fourth-order valence-corrected chi connectivity index (χ4v) is 5.25. The number of benzene rings is 1. The van der Waals surface area contributed by atoms with Crippen LogP contribution in [-0.4, -0.2) is 61.1 Å². The second kappa shape index (κ2) is 10.5. The van der Waals surface area contributed by atoms with E-state index in [1.807, 2.05) is 38.1 Å². The lowest BCUT2D eigenvalue weighted by atomic mass is 10.2. The van der Waals surface area contributed by atoms with Crippen molar-refractivity contribution in [2.24, 2.45) is 0 Å². The summed E-state index contributed by atoms with van der Waals surface area (Å²) in [6.45, 7) is 6.76. The van der Waals surface area contributed by atoms with Gasteiger partial charge < -0.3 is 10.2 Å². The van der Waals surface area contributed by atoms with Crippen molar-refractivity contribution in [3.05, 3.63) is 41.0 Å². The van der Waals surface area contributed by atoms with E-state index in [1.54, 1.807) is 10.9 Å². The molecule has 170 valence electrons. The number of aryl methyl sites for hydroxylation is 1. The maximum atomic E-state index is 13.4. The van der Waals surface area contributed by atoms with Gasteiger partial charge in [-0.25, -0.2) is 8.42 Å². The number of anilines is 1. The topological polar surface area (TPSA) is 87.5 Å². The predicted molar refractivity (Wildman–Crippen MR) is 122 cm³/mol. The smallest absolute Gasteiger partial charge is 0.263 e. The average molecular weight is 468 g/mol. The van der Waals surface area contributed by atoms with Crippen molar-refractivity contribution in [1.82, 2.24) is 19.4 Å². The molecular formula is C21H30ClN5O3S. The number of aromatic nitrogens is 2. The first kappa shape index (κ1) is 23.6. The number of hydrogen-bond acceptors (Lipinski definition) is 5. The van der Waals surface area contributed by atoms with Crippen LogP contribution in [0.2, 0.25) is 5.02 Å². The van der Waals surface area contributed by atoms with Crippen molar-refractivity contribution < 1.29 is 13.2 Å². The van der Waals surface area contributed by atoms with Gasteiger partial charge in [0.1, 0.15) is 0 Å². The Morgan fingerprint density at radius 1 is 1.16 bits per heavy atom. The molecule has 1 saturated heterocycles. The van der Waals surface area contributed by atoms with E-state index in [0.717, 1.165) is 24.9 Å². The number of unbranched alkanes of at least 4 members (excludes halogenated alkanes) is 1. The van der Waals surface area contributed by atoms with Crippen LogP contribution in [0.25, 0.3) is 0 Å². The van der Waals surface area contributed by atoms with Crippen LogP contribution in [-0.2, 0) is 16.6 Å². The molecule has 0 unspecified atom stereocenters. The number of nitrogens with zero attached hydrogens (tertiary/aromatic N) is 4. The molecule has 0 saturated carbocycles. The minimum atomic E-state index is -3.89. The van der Waals surface area contributed by atoms with E-state index in [9.17, 15) is 13.2 Å². The van der Waals surface area contributed by atoms with Crippen LogP contribution >= 0.6 is 11.6 Å². The zero-order valence-electron chi connectivity index (χ0n) is 18.1. The molecular weight excluding hydrogens is 438 g/mol. The molecule has 0 spiro atoms. The molecule has 1 aliphatic rings. The highest BCUT2D eigenvalue weighted by Crippen LogP contribution is 2.24. The van der Waals surface area contributed by atoms with Crippen LogP contribution in [0.1, 0.15) is 43.5 Å². The number of amides is 1. The third kappa shape index (κ3) is 5.58. The highest BCUT2D eigenvalue weighted by Gasteiger charge is 2.34. The first-order valence-electron chi connectivity index (χ1n) is 10.7. The summed E-state index contributed by atoms with van der Waals surface area (Å²) >= 11 is 6.08. The number of hydrogen-bond donors (Lipinski definition) is 1.